The van der Waals surface area contributed by atoms with Crippen LogP contribution in [0.5, 0.6) is 11.5 Å². The second kappa shape index (κ2) is 8.16. The number of benzene rings is 2. The average molecular weight is 457 g/mol. The van der Waals surface area contributed by atoms with Gasteiger partial charge in [-0.2, -0.15) is 0 Å². The van der Waals surface area contributed by atoms with E-state index in [1.807, 2.05) is 13.8 Å². The van der Waals surface area contributed by atoms with E-state index in [0.29, 0.717) is 21.1 Å². The molecule has 158 valence electrons. The summed E-state index contributed by atoms with van der Waals surface area (Å²) >= 11 is 2.48. The van der Waals surface area contributed by atoms with Crippen molar-refractivity contribution in [2.75, 3.05) is 5.75 Å². The van der Waals surface area contributed by atoms with Crippen molar-refractivity contribution in [1.82, 2.24) is 9.55 Å². The maximum atomic E-state index is 13.4. The number of rotatable bonds is 5. The van der Waals surface area contributed by atoms with Gasteiger partial charge >= 0.3 is 0 Å². The third-order valence-corrected chi connectivity index (χ3v) is 6.93. The fourth-order valence-electron chi connectivity index (χ4n) is 3.10. The van der Waals surface area contributed by atoms with Gasteiger partial charge in [-0.15, -0.1) is 11.3 Å². The van der Waals surface area contributed by atoms with Crippen LogP contribution in [0.1, 0.15) is 20.8 Å². The molecule has 4 rings (SSSR count). The summed E-state index contributed by atoms with van der Waals surface area (Å²) in [6.45, 7) is 3.77. The van der Waals surface area contributed by atoms with Gasteiger partial charge < -0.3 is 10.2 Å². The van der Waals surface area contributed by atoms with E-state index in [2.05, 4.69) is 4.98 Å². The molecule has 2 aromatic carbocycles. The van der Waals surface area contributed by atoms with Gasteiger partial charge in [0.2, 0.25) is 0 Å². The number of halogens is 1. The highest BCUT2D eigenvalue weighted by atomic mass is 32.2. The first-order valence-corrected chi connectivity index (χ1v) is 11.0. The van der Waals surface area contributed by atoms with Crippen LogP contribution in [-0.2, 0) is 0 Å². The minimum absolute atomic E-state index is 0.0489. The number of fused-ring (bicyclic) bond motifs is 1. The molecule has 0 saturated carbocycles. The predicted molar refractivity (Wildman–Crippen MR) is 119 cm³/mol. The molecule has 0 amide bonds. The van der Waals surface area contributed by atoms with E-state index >= 15 is 0 Å². The van der Waals surface area contributed by atoms with Crippen LogP contribution in [0, 0.1) is 19.7 Å². The van der Waals surface area contributed by atoms with Crippen LogP contribution in [-0.4, -0.2) is 31.3 Å². The van der Waals surface area contributed by atoms with Gasteiger partial charge in [-0.05, 0) is 61.9 Å². The predicted octanol–water partition coefficient (Wildman–Crippen LogP) is 4.59. The van der Waals surface area contributed by atoms with Crippen LogP contribution >= 0.6 is 23.1 Å². The summed E-state index contributed by atoms with van der Waals surface area (Å²) in [5, 5.41) is 19.9. The number of thiophene rings is 1. The highest BCUT2D eigenvalue weighted by Crippen LogP contribution is 2.30. The first-order valence-electron chi connectivity index (χ1n) is 9.23. The molecule has 9 heteroatoms. The standard InChI is InChI=1S/C22H17FN2O4S2/c1-11-12(2)31-20-19(11)21(29)25(15-6-4-14(23)5-7-15)22(24-20)30-10-18(28)13-3-8-16(26)17(27)9-13/h3-9,26-27H,10H2,1-2H3. The van der Waals surface area contributed by atoms with Crippen molar-refractivity contribution in [1.29, 1.82) is 0 Å². The number of carbonyl (C=O) groups excluding carboxylic acids is 1. The van der Waals surface area contributed by atoms with Crippen molar-refractivity contribution in [3.05, 3.63) is 74.6 Å². The van der Waals surface area contributed by atoms with E-state index in [0.717, 1.165) is 22.2 Å². The SMILES string of the molecule is Cc1sc2nc(SCC(=O)c3ccc(O)c(O)c3)n(-c3ccc(F)cc3)c(=O)c2c1C. The average Bonchev–Trinajstić information content (AvgIpc) is 3.03. The summed E-state index contributed by atoms with van der Waals surface area (Å²) in [4.78, 5) is 32.1. The minimum Gasteiger partial charge on any atom is -0.504 e. The Morgan fingerprint density at radius 3 is 2.52 bits per heavy atom. The number of phenols is 2. The number of nitrogens with zero attached hydrogens (tertiary/aromatic N) is 2. The number of aromatic nitrogens is 2. The van der Waals surface area contributed by atoms with E-state index in [1.54, 1.807) is 0 Å². The minimum atomic E-state index is -0.426. The maximum absolute atomic E-state index is 13.4. The lowest BCUT2D eigenvalue weighted by Gasteiger charge is -2.12. The molecule has 2 aromatic heterocycles. The molecule has 0 bridgehead atoms. The number of ketones is 1. The largest absolute Gasteiger partial charge is 0.504 e. The molecule has 0 aliphatic carbocycles. The molecule has 2 N–H and O–H groups in total. The van der Waals surface area contributed by atoms with Gasteiger partial charge in [0.1, 0.15) is 10.6 Å². The van der Waals surface area contributed by atoms with Crippen LogP contribution in [0.4, 0.5) is 4.39 Å². The zero-order valence-electron chi connectivity index (χ0n) is 16.5. The van der Waals surface area contributed by atoms with Gasteiger partial charge in [-0.1, -0.05) is 11.8 Å². The van der Waals surface area contributed by atoms with E-state index < -0.39 is 5.82 Å². The molecule has 0 radical (unpaired) electrons. The number of Topliss-reactive ketones (excluding diaryl/α,β-unsaturated/α-hetero) is 1. The van der Waals surface area contributed by atoms with Crippen molar-refractivity contribution >= 4 is 39.1 Å². The zero-order chi connectivity index (χ0) is 22.3. The third-order valence-electron chi connectivity index (χ3n) is 4.89. The van der Waals surface area contributed by atoms with Gasteiger partial charge in [0.25, 0.3) is 5.56 Å². The highest BCUT2D eigenvalue weighted by molar-refractivity contribution is 7.99. The molecule has 31 heavy (non-hydrogen) atoms. The molecule has 4 aromatic rings. The smallest absolute Gasteiger partial charge is 0.267 e. The Bertz CT molecular complexity index is 1380. The first kappa shape index (κ1) is 21.1. The van der Waals surface area contributed by atoms with Crippen molar-refractivity contribution in [3.8, 4) is 17.2 Å². The second-order valence-corrected chi connectivity index (χ2v) is 9.04. The molecule has 0 spiro atoms. The van der Waals surface area contributed by atoms with Crippen LogP contribution in [0.25, 0.3) is 15.9 Å². The van der Waals surface area contributed by atoms with Gasteiger partial charge in [-0.25, -0.2) is 9.37 Å². The Labute approximate surface area is 184 Å². The van der Waals surface area contributed by atoms with Crippen molar-refractivity contribution in [2.24, 2.45) is 0 Å². The quantitative estimate of drug-likeness (QED) is 0.198. The van der Waals surface area contributed by atoms with Gasteiger partial charge in [0.15, 0.2) is 22.4 Å². The zero-order valence-corrected chi connectivity index (χ0v) is 18.2. The van der Waals surface area contributed by atoms with Gasteiger partial charge in [0.05, 0.1) is 16.8 Å². The molecule has 6 nitrogen and oxygen atoms in total. The first-order chi connectivity index (χ1) is 14.8. The van der Waals surface area contributed by atoms with E-state index in [-0.39, 0.29) is 34.2 Å². The van der Waals surface area contributed by atoms with Gasteiger partial charge in [0, 0.05) is 10.4 Å². The van der Waals surface area contributed by atoms with Crippen molar-refractivity contribution < 1.29 is 19.4 Å². The summed E-state index contributed by atoms with van der Waals surface area (Å²) in [5.74, 6) is -1.48. The molecule has 0 unspecified atom stereocenters. The number of aromatic hydroxyl groups is 2. The van der Waals surface area contributed by atoms with Crippen LogP contribution < -0.4 is 5.56 Å². The second-order valence-electron chi connectivity index (χ2n) is 6.89. The maximum Gasteiger partial charge on any atom is 0.267 e. The number of aryl methyl sites for hydroxylation is 2. The Morgan fingerprint density at radius 2 is 1.84 bits per heavy atom. The number of hydrogen-bond acceptors (Lipinski definition) is 7. The third kappa shape index (κ3) is 3.94. The molecule has 0 aliphatic heterocycles. The molecular weight excluding hydrogens is 439 g/mol. The normalized spacial score (nSPS) is 11.2. The van der Waals surface area contributed by atoms with E-state index in [4.69, 9.17) is 0 Å². The Hall–Kier alpha value is -3.17. The summed E-state index contributed by atoms with van der Waals surface area (Å²) in [6, 6.07) is 9.34. The topological polar surface area (TPSA) is 92.4 Å². The fourth-order valence-corrected chi connectivity index (χ4v) is 5.08. The van der Waals surface area contributed by atoms with Gasteiger partial charge in [-0.3, -0.25) is 14.2 Å². The van der Waals surface area contributed by atoms with Crippen LogP contribution in [0.3, 0.4) is 0 Å². The molecule has 0 fully saturated rings. The monoisotopic (exact) mass is 456 g/mol. The molecule has 2 heterocycles. The molecular formula is C22H17FN2O4S2. The summed E-state index contributed by atoms with van der Waals surface area (Å²) in [7, 11) is 0. The number of phenolic OH excluding ortho intramolecular Hbond substituents is 2. The van der Waals surface area contributed by atoms with E-state index in [1.165, 1.54) is 58.4 Å². The Balaban J connectivity index is 1.77. The highest BCUT2D eigenvalue weighted by Gasteiger charge is 2.19. The van der Waals surface area contributed by atoms with Crippen molar-refractivity contribution in [2.45, 2.75) is 19.0 Å². The number of hydrogen-bond donors (Lipinski definition) is 2. The Kier molecular flexibility index (Phi) is 5.55. The van der Waals surface area contributed by atoms with Crippen LogP contribution in [0.15, 0.2) is 52.4 Å². The summed E-state index contributed by atoms with van der Waals surface area (Å²) < 4.78 is 14.8. The summed E-state index contributed by atoms with van der Waals surface area (Å²) in [5.41, 5.74) is 1.24. The summed E-state index contributed by atoms with van der Waals surface area (Å²) in [6.07, 6.45) is 0. The molecule has 0 saturated heterocycles. The van der Waals surface area contributed by atoms with E-state index in [9.17, 15) is 24.2 Å². The van der Waals surface area contributed by atoms with Crippen molar-refractivity contribution in [3.63, 3.8) is 0 Å². The lowest BCUT2D eigenvalue weighted by Crippen LogP contribution is -2.22. The number of thioether (sulfide) groups is 1. The Morgan fingerprint density at radius 1 is 1.13 bits per heavy atom. The fraction of sp³-hybridized carbons (Fsp3) is 0.136. The lowest BCUT2D eigenvalue weighted by molar-refractivity contribution is 0.102. The number of carbonyl (C=O) groups is 1. The molecule has 0 atom stereocenters. The van der Waals surface area contributed by atoms with Crippen LogP contribution in [0.2, 0.25) is 0 Å². The lowest BCUT2D eigenvalue weighted by atomic mass is 10.1. The molecule has 0 aliphatic rings.